The lowest BCUT2D eigenvalue weighted by Crippen LogP contribution is -2.23. The number of halogens is 2. The van der Waals surface area contributed by atoms with Crippen LogP contribution in [0.25, 0.3) is 0 Å². The molecule has 0 saturated heterocycles. The average Bonchev–Trinajstić information content (AvgIpc) is 2.63. The van der Waals surface area contributed by atoms with Gasteiger partial charge in [-0.3, -0.25) is 9.59 Å². The molecule has 3 rings (SSSR count). The minimum absolute atomic E-state index is 0.0762. The maximum absolute atomic E-state index is 13.2. The van der Waals surface area contributed by atoms with E-state index in [1.165, 1.54) is 41.1 Å². The topological polar surface area (TPSA) is 51.1 Å². The molecule has 0 spiro atoms. The summed E-state index contributed by atoms with van der Waals surface area (Å²) >= 11 is 5.74. The first-order valence-corrected chi connectivity index (χ1v) is 8.74. The van der Waals surface area contributed by atoms with Crippen LogP contribution in [0.2, 0.25) is 5.02 Å². The lowest BCUT2D eigenvalue weighted by molar-refractivity contribution is 0.102. The smallest absolute Gasteiger partial charge is 0.257 e. The third kappa shape index (κ3) is 4.44. The van der Waals surface area contributed by atoms with Gasteiger partial charge < -0.3 is 9.88 Å². The molecule has 27 heavy (non-hydrogen) atoms. The summed E-state index contributed by atoms with van der Waals surface area (Å²) in [5.74, 6) is -0.968. The Labute approximate surface area is 161 Å². The van der Waals surface area contributed by atoms with Gasteiger partial charge in [-0.25, -0.2) is 4.39 Å². The van der Waals surface area contributed by atoms with Gasteiger partial charge in [0.1, 0.15) is 5.82 Å². The second-order valence-corrected chi connectivity index (χ2v) is 6.80. The number of anilines is 1. The summed E-state index contributed by atoms with van der Waals surface area (Å²) in [5.41, 5.74) is 3.69. The predicted molar refractivity (Wildman–Crippen MR) is 105 cm³/mol. The molecule has 0 bridgehead atoms. The van der Waals surface area contributed by atoms with Crippen molar-refractivity contribution in [3.63, 3.8) is 0 Å². The van der Waals surface area contributed by atoms with Crippen LogP contribution in [0.15, 0.2) is 59.5 Å². The Morgan fingerprint density at radius 1 is 1.11 bits per heavy atom. The van der Waals surface area contributed by atoms with Gasteiger partial charge in [-0.05, 0) is 49.2 Å². The SMILES string of the molecule is Cc1ccc(C)c(Cn2cc(C(=O)Nc3ccc(F)c(Cl)c3)ccc2=O)c1. The maximum Gasteiger partial charge on any atom is 0.257 e. The standard InChI is InChI=1S/C21H18ClFN2O2/c1-13-3-4-14(2)16(9-13)12-25-11-15(5-8-20(25)26)21(27)24-17-6-7-19(23)18(22)10-17/h3-11H,12H2,1-2H3,(H,24,27). The van der Waals surface area contributed by atoms with E-state index in [1.807, 2.05) is 32.0 Å². The zero-order valence-corrected chi connectivity index (χ0v) is 15.7. The molecular weight excluding hydrogens is 367 g/mol. The number of carbonyl (C=O) groups is 1. The zero-order valence-electron chi connectivity index (χ0n) is 14.9. The molecule has 0 aliphatic heterocycles. The highest BCUT2D eigenvalue weighted by Crippen LogP contribution is 2.20. The summed E-state index contributed by atoms with van der Waals surface area (Å²) < 4.78 is 14.7. The second-order valence-electron chi connectivity index (χ2n) is 6.40. The van der Waals surface area contributed by atoms with E-state index in [0.717, 1.165) is 16.7 Å². The first kappa shape index (κ1) is 18.9. The molecule has 6 heteroatoms. The molecule has 138 valence electrons. The highest BCUT2D eigenvalue weighted by atomic mass is 35.5. The van der Waals surface area contributed by atoms with Gasteiger partial charge in [0.25, 0.3) is 11.5 Å². The van der Waals surface area contributed by atoms with Crippen molar-refractivity contribution in [2.45, 2.75) is 20.4 Å². The van der Waals surface area contributed by atoms with E-state index in [-0.39, 0.29) is 10.6 Å². The number of carbonyl (C=O) groups excluding carboxylic acids is 1. The van der Waals surface area contributed by atoms with Crippen molar-refractivity contribution in [1.82, 2.24) is 4.57 Å². The largest absolute Gasteiger partial charge is 0.322 e. The highest BCUT2D eigenvalue weighted by Gasteiger charge is 2.10. The van der Waals surface area contributed by atoms with Gasteiger partial charge in [-0.2, -0.15) is 0 Å². The van der Waals surface area contributed by atoms with Crippen molar-refractivity contribution in [1.29, 1.82) is 0 Å². The lowest BCUT2D eigenvalue weighted by atomic mass is 10.1. The van der Waals surface area contributed by atoms with Crippen molar-refractivity contribution in [2.75, 3.05) is 5.32 Å². The number of pyridine rings is 1. The molecule has 0 aliphatic carbocycles. The molecule has 0 aliphatic rings. The number of benzene rings is 2. The van der Waals surface area contributed by atoms with Crippen LogP contribution in [-0.4, -0.2) is 10.5 Å². The van der Waals surface area contributed by atoms with E-state index in [1.54, 1.807) is 0 Å². The number of amides is 1. The molecule has 1 aromatic heterocycles. The number of nitrogens with one attached hydrogen (secondary N) is 1. The van der Waals surface area contributed by atoms with Crippen molar-refractivity contribution in [3.8, 4) is 0 Å². The third-order valence-corrected chi connectivity index (χ3v) is 4.56. The van der Waals surface area contributed by atoms with Gasteiger partial charge in [-0.1, -0.05) is 35.4 Å². The number of aromatic nitrogens is 1. The number of hydrogen-bond acceptors (Lipinski definition) is 2. The van der Waals surface area contributed by atoms with Gasteiger partial charge in [0.05, 0.1) is 17.1 Å². The quantitative estimate of drug-likeness (QED) is 0.717. The third-order valence-electron chi connectivity index (χ3n) is 4.27. The van der Waals surface area contributed by atoms with Crippen LogP contribution in [-0.2, 0) is 6.54 Å². The van der Waals surface area contributed by atoms with E-state index in [0.29, 0.717) is 17.8 Å². The fourth-order valence-electron chi connectivity index (χ4n) is 2.72. The molecule has 0 saturated carbocycles. The Bertz CT molecular complexity index is 1080. The Hall–Kier alpha value is -2.92. The number of aryl methyl sites for hydroxylation is 2. The van der Waals surface area contributed by atoms with Crippen LogP contribution in [0.4, 0.5) is 10.1 Å². The van der Waals surface area contributed by atoms with Crippen molar-refractivity contribution < 1.29 is 9.18 Å². The van der Waals surface area contributed by atoms with E-state index in [9.17, 15) is 14.0 Å². The summed E-state index contributed by atoms with van der Waals surface area (Å²) in [4.78, 5) is 24.7. The predicted octanol–water partition coefficient (Wildman–Crippen LogP) is 4.56. The van der Waals surface area contributed by atoms with Crippen LogP contribution >= 0.6 is 11.6 Å². The number of hydrogen-bond donors (Lipinski definition) is 1. The molecular formula is C21H18ClFN2O2. The minimum Gasteiger partial charge on any atom is -0.322 e. The molecule has 2 aromatic carbocycles. The average molecular weight is 385 g/mol. The summed E-state index contributed by atoms with van der Waals surface area (Å²) in [6, 6.07) is 12.8. The van der Waals surface area contributed by atoms with Crippen molar-refractivity contribution >= 4 is 23.2 Å². The van der Waals surface area contributed by atoms with Gasteiger partial charge in [0.15, 0.2) is 0 Å². The number of nitrogens with zero attached hydrogens (tertiary/aromatic N) is 1. The van der Waals surface area contributed by atoms with Crippen LogP contribution in [0.5, 0.6) is 0 Å². The van der Waals surface area contributed by atoms with Crippen molar-refractivity contribution in [2.24, 2.45) is 0 Å². The lowest BCUT2D eigenvalue weighted by Gasteiger charge is -2.12. The fraction of sp³-hybridized carbons (Fsp3) is 0.143. The van der Waals surface area contributed by atoms with E-state index in [2.05, 4.69) is 5.32 Å². The van der Waals surface area contributed by atoms with Gasteiger partial charge in [-0.15, -0.1) is 0 Å². The zero-order chi connectivity index (χ0) is 19.6. The normalized spacial score (nSPS) is 10.7. The molecule has 1 heterocycles. The highest BCUT2D eigenvalue weighted by molar-refractivity contribution is 6.31. The minimum atomic E-state index is -0.559. The maximum atomic E-state index is 13.2. The monoisotopic (exact) mass is 384 g/mol. The fourth-order valence-corrected chi connectivity index (χ4v) is 2.90. The molecule has 0 unspecified atom stereocenters. The Balaban J connectivity index is 1.86. The summed E-state index contributed by atoms with van der Waals surface area (Å²) in [6.45, 7) is 4.34. The first-order chi connectivity index (χ1) is 12.8. The van der Waals surface area contributed by atoms with Crippen LogP contribution < -0.4 is 10.9 Å². The van der Waals surface area contributed by atoms with Gasteiger partial charge in [0.2, 0.25) is 0 Å². The van der Waals surface area contributed by atoms with E-state index in [4.69, 9.17) is 11.6 Å². The van der Waals surface area contributed by atoms with E-state index >= 15 is 0 Å². The molecule has 4 nitrogen and oxygen atoms in total. The molecule has 1 N–H and O–H groups in total. The van der Waals surface area contributed by atoms with Crippen LogP contribution in [0.1, 0.15) is 27.0 Å². The molecule has 0 atom stereocenters. The summed E-state index contributed by atoms with van der Waals surface area (Å²) in [7, 11) is 0. The second kappa shape index (κ2) is 7.76. The van der Waals surface area contributed by atoms with Gasteiger partial charge in [0, 0.05) is 18.0 Å². The Kier molecular flexibility index (Phi) is 5.42. The van der Waals surface area contributed by atoms with Crippen molar-refractivity contribution in [3.05, 3.63) is 98.2 Å². The molecule has 1 amide bonds. The van der Waals surface area contributed by atoms with Crippen LogP contribution in [0, 0.1) is 19.7 Å². The molecule has 3 aromatic rings. The first-order valence-electron chi connectivity index (χ1n) is 8.36. The van der Waals surface area contributed by atoms with Crippen LogP contribution in [0.3, 0.4) is 0 Å². The van der Waals surface area contributed by atoms with Gasteiger partial charge >= 0.3 is 0 Å². The summed E-state index contributed by atoms with van der Waals surface area (Å²) in [5, 5.41) is 2.58. The number of rotatable bonds is 4. The Morgan fingerprint density at radius 2 is 1.89 bits per heavy atom. The Morgan fingerprint density at radius 3 is 2.63 bits per heavy atom. The molecule has 0 fully saturated rings. The van der Waals surface area contributed by atoms with E-state index < -0.39 is 11.7 Å². The molecule has 0 radical (unpaired) electrons. The summed E-state index contributed by atoms with van der Waals surface area (Å²) in [6.07, 6.45) is 1.52.